The van der Waals surface area contributed by atoms with Crippen LogP contribution >= 0.6 is 0 Å². The normalized spacial score (nSPS) is 20.4. The quantitative estimate of drug-likeness (QED) is 0.772. The molecule has 2 aromatic heterocycles. The molecule has 2 aliphatic rings. The molecule has 2 amide bonds. The molecule has 8 nitrogen and oxygen atoms in total. The molecule has 2 atom stereocenters. The Morgan fingerprint density at radius 1 is 1.23 bits per heavy atom. The number of anilines is 1. The highest BCUT2D eigenvalue weighted by Crippen LogP contribution is 2.32. The highest BCUT2D eigenvalue weighted by Gasteiger charge is 2.28. The van der Waals surface area contributed by atoms with Gasteiger partial charge in [-0.25, -0.2) is 4.98 Å². The van der Waals surface area contributed by atoms with Crippen molar-refractivity contribution >= 4 is 17.6 Å². The summed E-state index contributed by atoms with van der Waals surface area (Å²) in [5.74, 6) is 0.00933. The van der Waals surface area contributed by atoms with Gasteiger partial charge in [0, 0.05) is 36.0 Å². The Morgan fingerprint density at radius 2 is 2.10 bits per heavy atom. The zero-order chi connectivity index (χ0) is 21.8. The van der Waals surface area contributed by atoms with Gasteiger partial charge in [-0.1, -0.05) is 6.42 Å². The summed E-state index contributed by atoms with van der Waals surface area (Å²) in [6.45, 7) is 2.98. The minimum atomic E-state index is -0.275. The Kier molecular flexibility index (Phi) is 6.31. The molecule has 31 heavy (non-hydrogen) atoms. The number of aryl methyl sites for hydroxylation is 2. The smallest absolute Gasteiger partial charge is 0.234 e. The first-order chi connectivity index (χ1) is 15.0. The molecule has 4 rings (SSSR count). The summed E-state index contributed by atoms with van der Waals surface area (Å²) >= 11 is 0. The van der Waals surface area contributed by atoms with Crippen LogP contribution in [0.1, 0.15) is 56.2 Å². The summed E-state index contributed by atoms with van der Waals surface area (Å²) in [4.78, 5) is 29.0. The van der Waals surface area contributed by atoms with Crippen molar-refractivity contribution in [3.63, 3.8) is 0 Å². The van der Waals surface area contributed by atoms with E-state index in [0.717, 1.165) is 55.3 Å². The lowest BCUT2D eigenvalue weighted by Crippen LogP contribution is -2.40. The van der Waals surface area contributed by atoms with Crippen molar-refractivity contribution in [2.45, 2.75) is 70.9 Å². The second-order valence-electron chi connectivity index (χ2n) is 8.52. The lowest BCUT2D eigenvalue weighted by Gasteiger charge is -2.28. The molecule has 2 N–H and O–H groups in total. The monoisotopic (exact) mass is 420 g/mol. The zero-order valence-corrected chi connectivity index (χ0v) is 17.9. The zero-order valence-electron chi connectivity index (χ0n) is 17.9. The van der Waals surface area contributed by atoms with Crippen molar-refractivity contribution in [3.8, 4) is 17.2 Å². The van der Waals surface area contributed by atoms with Crippen LogP contribution in [-0.4, -0.2) is 32.6 Å². The summed E-state index contributed by atoms with van der Waals surface area (Å²) < 4.78 is 2.08. The molecule has 8 heteroatoms. The number of aromatic nitrogens is 3. The average molecular weight is 421 g/mol. The second-order valence-corrected chi connectivity index (χ2v) is 8.52. The first-order valence-corrected chi connectivity index (χ1v) is 11.0. The minimum absolute atomic E-state index is 0.0640. The van der Waals surface area contributed by atoms with E-state index in [9.17, 15) is 9.59 Å². The van der Waals surface area contributed by atoms with Crippen molar-refractivity contribution in [2.75, 3.05) is 5.32 Å². The third-order valence-electron chi connectivity index (χ3n) is 6.28. The van der Waals surface area contributed by atoms with E-state index in [1.54, 1.807) is 6.20 Å². The van der Waals surface area contributed by atoms with E-state index in [0.29, 0.717) is 12.2 Å². The van der Waals surface area contributed by atoms with Gasteiger partial charge in [-0.05, 0) is 62.6 Å². The summed E-state index contributed by atoms with van der Waals surface area (Å²) in [6, 6.07) is 3.73. The molecule has 1 fully saturated rings. The van der Waals surface area contributed by atoms with Crippen LogP contribution in [-0.2, 0) is 22.6 Å². The van der Waals surface area contributed by atoms with Crippen LogP contribution in [0.2, 0.25) is 0 Å². The summed E-state index contributed by atoms with van der Waals surface area (Å²) in [5.41, 5.74) is 4.48. The van der Waals surface area contributed by atoms with Gasteiger partial charge in [0.05, 0.1) is 12.3 Å². The second kappa shape index (κ2) is 9.29. The Bertz CT molecular complexity index is 1020. The third kappa shape index (κ3) is 4.76. The van der Waals surface area contributed by atoms with Crippen LogP contribution in [0.5, 0.6) is 0 Å². The molecule has 3 heterocycles. The SMILES string of the molecule is Cc1cnc(NC(=O)[C@H]2CCC[C@@H](NC(=O)CC#N)C2)cc1-c1cnn2c1CCCC2. The molecular weight excluding hydrogens is 392 g/mol. The molecular formula is C23H28N6O2. The van der Waals surface area contributed by atoms with Gasteiger partial charge in [0.2, 0.25) is 11.8 Å². The van der Waals surface area contributed by atoms with Gasteiger partial charge in [-0.2, -0.15) is 10.4 Å². The van der Waals surface area contributed by atoms with Crippen molar-refractivity contribution in [2.24, 2.45) is 5.92 Å². The van der Waals surface area contributed by atoms with E-state index >= 15 is 0 Å². The van der Waals surface area contributed by atoms with Crippen molar-refractivity contribution < 1.29 is 9.59 Å². The van der Waals surface area contributed by atoms with Crippen LogP contribution in [0.25, 0.3) is 11.1 Å². The van der Waals surface area contributed by atoms with Crippen molar-refractivity contribution in [3.05, 3.63) is 29.7 Å². The van der Waals surface area contributed by atoms with Gasteiger partial charge in [-0.3, -0.25) is 14.3 Å². The van der Waals surface area contributed by atoms with Gasteiger partial charge in [-0.15, -0.1) is 0 Å². The number of carbonyl (C=O) groups is 2. The Labute approximate surface area is 182 Å². The van der Waals surface area contributed by atoms with E-state index in [2.05, 4.69) is 25.4 Å². The molecule has 1 aliphatic heterocycles. The fourth-order valence-electron chi connectivity index (χ4n) is 4.67. The Morgan fingerprint density at radius 3 is 2.94 bits per heavy atom. The molecule has 0 saturated heterocycles. The predicted octanol–water partition coefficient (Wildman–Crippen LogP) is 3.12. The molecule has 2 aromatic rings. The fraction of sp³-hybridized carbons (Fsp3) is 0.522. The standard InChI is InChI=1S/C23H28N6O2/c1-15-13-25-21(12-18(15)19-14-26-29-10-3-2-7-20(19)29)28-23(31)16-5-4-6-17(11-16)27-22(30)8-9-24/h12-14,16-17H,2-8,10-11H2,1H3,(H,27,30)(H,25,28,31)/t16-,17+/m0/s1. The van der Waals surface area contributed by atoms with E-state index in [1.807, 2.05) is 25.3 Å². The van der Waals surface area contributed by atoms with Crippen molar-refractivity contribution in [1.29, 1.82) is 5.26 Å². The number of hydrogen-bond acceptors (Lipinski definition) is 5. The molecule has 0 bridgehead atoms. The van der Waals surface area contributed by atoms with Gasteiger partial charge < -0.3 is 10.6 Å². The van der Waals surface area contributed by atoms with Gasteiger partial charge in [0.15, 0.2) is 0 Å². The van der Waals surface area contributed by atoms with Gasteiger partial charge in [0.1, 0.15) is 12.2 Å². The lowest BCUT2D eigenvalue weighted by atomic mass is 9.85. The Hall–Kier alpha value is -3.21. The number of nitrogens with one attached hydrogen (secondary N) is 2. The Balaban J connectivity index is 1.45. The molecule has 1 saturated carbocycles. The molecule has 162 valence electrons. The van der Waals surface area contributed by atoms with E-state index in [4.69, 9.17) is 5.26 Å². The minimum Gasteiger partial charge on any atom is -0.352 e. The summed E-state index contributed by atoms with van der Waals surface area (Å²) in [5, 5.41) is 19.0. The van der Waals surface area contributed by atoms with Gasteiger partial charge in [0.25, 0.3) is 0 Å². The maximum Gasteiger partial charge on any atom is 0.234 e. The topological polar surface area (TPSA) is 113 Å². The number of rotatable bonds is 5. The van der Waals surface area contributed by atoms with Crippen molar-refractivity contribution in [1.82, 2.24) is 20.1 Å². The number of carbonyl (C=O) groups excluding carboxylic acids is 2. The molecule has 0 spiro atoms. The molecule has 0 aromatic carbocycles. The average Bonchev–Trinajstić information content (AvgIpc) is 3.19. The lowest BCUT2D eigenvalue weighted by molar-refractivity contribution is -0.124. The van der Waals surface area contributed by atoms with Crippen LogP contribution in [0.15, 0.2) is 18.5 Å². The van der Waals surface area contributed by atoms with Crippen LogP contribution in [0.4, 0.5) is 5.82 Å². The van der Waals surface area contributed by atoms with Gasteiger partial charge >= 0.3 is 0 Å². The van der Waals surface area contributed by atoms with Crippen LogP contribution < -0.4 is 10.6 Å². The predicted molar refractivity (Wildman–Crippen MR) is 116 cm³/mol. The van der Waals surface area contributed by atoms with Crippen LogP contribution in [0.3, 0.4) is 0 Å². The first-order valence-electron chi connectivity index (χ1n) is 11.0. The van der Waals surface area contributed by atoms with E-state index < -0.39 is 0 Å². The molecule has 0 unspecified atom stereocenters. The fourth-order valence-corrected chi connectivity index (χ4v) is 4.67. The van der Waals surface area contributed by atoms with E-state index in [-0.39, 0.29) is 30.2 Å². The number of hydrogen-bond donors (Lipinski definition) is 2. The largest absolute Gasteiger partial charge is 0.352 e. The summed E-state index contributed by atoms with van der Waals surface area (Å²) in [6.07, 6.45) is 9.97. The van der Waals surface area contributed by atoms with E-state index in [1.165, 1.54) is 12.1 Å². The van der Waals surface area contributed by atoms with Crippen LogP contribution in [0, 0.1) is 24.2 Å². The number of amides is 2. The molecule has 0 radical (unpaired) electrons. The number of nitriles is 1. The maximum atomic E-state index is 12.9. The number of fused-ring (bicyclic) bond motifs is 1. The number of pyridine rings is 1. The maximum absolute atomic E-state index is 12.9. The number of nitrogens with zero attached hydrogens (tertiary/aromatic N) is 4. The summed E-state index contributed by atoms with van der Waals surface area (Å²) in [7, 11) is 0. The highest BCUT2D eigenvalue weighted by molar-refractivity contribution is 5.92. The first kappa shape index (κ1) is 21.0. The third-order valence-corrected chi connectivity index (χ3v) is 6.28. The molecule has 1 aliphatic carbocycles. The highest BCUT2D eigenvalue weighted by atomic mass is 16.2.